The Balaban J connectivity index is 2.09. The van der Waals surface area contributed by atoms with Crippen molar-refractivity contribution >= 4 is 29.2 Å². The van der Waals surface area contributed by atoms with E-state index in [4.69, 9.17) is 16.3 Å². The lowest BCUT2D eigenvalue weighted by molar-refractivity contribution is -0.126. The summed E-state index contributed by atoms with van der Waals surface area (Å²) >= 11 is 5.80. The number of halogens is 1. The number of amides is 1. The zero-order valence-electron chi connectivity index (χ0n) is 12.7. The highest BCUT2D eigenvalue weighted by atomic mass is 35.5. The Morgan fingerprint density at radius 2 is 1.83 bits per heavy atom. The molecule has 0 radical (unpaired) electrons. The fraction of sp³-hybridized carbons (Fsp3) is 0.176. The van der Waals surface area contributed by atoms with E-state index in [2.05, 4.69) is 0 Å². The highest BCUT2D eigenvalue weighted by molar-refractivity contribution is 6.31. The van der Waals surface area contributed by atoms with Crippen molar-refractivity contribution in [2.75, 3.05) is 11.9 Å². The third kappa shape index (κ3) is 4.02. The molecule has 6 heteroatoms. The quantitative estimate of drug-likeness (QED) is 0.872. The number of rotatable bonds is 4. The molecule has 0 aliphatic rings. The van der Waals surface area contributed by atoms with Gasteiger partial charge in [-0.15, -0.1) is 0 Å². The summed E-state index contributed by atoms with van der Waals surface area (Å²) in [5.41, 5.74) is 0.602. The number of phenols is 1. The summed E-state index contributed by atoms with van der Waals surface area (Å²) in [5.74, 6) is -1.45. The molecule has 1 amide bonds. The number of benzene rings is 2. The molecule has 0 aliphatic heterocycles. The molecule has 0 bridgehead atoms. The fourth-order valence-electron chi connectivity index (χ4n) is 2.00. The van der Waals surface area contributed by atoms with Crippen LogP contribution in [0.25, 0.3) is 0 Å². The zero-order chi connectivity index (χ0) is 17.0. The van der Waals surface area contributed by atoms with Gasteiger partial charge in [-0.25, -0.2) is 4.79 Å². The van der Waals surface area contributed by atoms with E-state index in [9.17, 15) is 14.7 Å². The van der Waals surface area contributed by atoms with Crippen LogP contribution in [0.4, 0.5) is 5.69 Å². The highest BCUT2D eigenvalue weighted by Crippen LogP contribution is 2.23. The smallest absolute Gasteiger partial charge is 0.342 e. The predicted molar refractivity (Wildman–Crippen MR) is 87.8 cm³/mol. The minimum atomic E-state index is -1.01. The number of anilines is 1. The number of likely N-dealkylation sites (N-methyl/N-ethyl adjacent to an activating group) is 1. The van der Waals surface area contributed by atoms with Crippen LogP contribution >= 0.6 is 11.6 Å². The van der Waals surface area contributed by atoms with E-state index in [0.717, 1.165) is 0 Å². The molecule has 0 saturated carbocycles. The van der Waals surface area contributed by atoms with E-state index >= 15 is 0 Å². The summed E-state index contributed by atoms with van der Waals surface area (Å²) in [6.07, 6.45) is -1.01. The van der Waals surface area contributed by atoms with Gasteiger partial charge in [0.15, 0.2) is 6.10 Å². The molecule has 0 aliphatic carbocycles. The molecule has 0 spiro atoms. The predicted octanol–water partition coefficient (Wildman–Crippen LogP) is 3.25. The number of esters is 1. The van der Waals surface area contributed by atoms with E-state index in [0.29, 0.717) is 5.69 Å². The molecule has 0 saturated heterocycles. The van der Waals surface area contributed by atoms with Crippen LogP contribution in [0.3, 0.4) is 0 Å². The van der Waals surface area contributed by atoms with Crippen molar-refractivity contribution in [3.05, 3.63) is 59.1 Å². The zero-order valence-corrected chi connectivity index (χ0v) is 13.4. The topological polar surface area (TPSA) is 66.8 Å². The second kappa shape index (κ2) is 7.15. The maximum Gasteiger partial charge on any atom is 0.342 e. The first-order chi connectivity index (χ1) is 10.9. The van der Waals surface area contributed by atoms with Gasteiger partial charge in [0.25, 0.3) is 5.91 Å². The molecule has 1 unspecified atom stereocenters. The Morgan fingerprint density at radius 1 is 1.17 bits per heavy atom. The molecule has 5 nitrogen and oxygen atoms in total. The minimum absolute atomic E-state index is 0.0838. The Kier molecular flexibility index (Phi) is 5.24. The summed E-state index contributed by atoms with van der Waals surface area (Å²) < 4.78 is 5.13. The summed E-state index contributed by atoms with van der Waals surface area (Å²) in [6.45, 7) is 1.47. The van der Waals surface area contributed by atoms with E-state index in [-0.39, 0.29) is 22.2 Å². The molecule has 2 rings (SSSR count). The van der Waals surface area contributed by atoms with Crippen molar-refractivity contribution in [1.29, 1.82) is 0 Å². The van der Waals surface area contributed by atoms with Crippen LogP contribution in [0.15, 0.2) is 48.5 Å². The number of hydrogen-bond donors (Lipinski definition) is 1. The number of phenolic OH excluding ortho intramolecular Hbond substituents is 1. The molecule has 0 fully saturated rings. The number of nitrogens with zero attached hydrogens (tertiary/aromatic N) is 1. The highest BCUT2D eigenvalue weighted by Gasteiger charge is 2.24. The van der Waals surface area contributed by atoms with Gasteiger partial charge in [0.05, 0.1) is 0 Å². The lowest BCUT2D eigenvalue weighted by atomic mass is 10.2. The molecule has 0 heterocycles. The maximum atomic E-state index is 12.3. The molecular weight excluding hydrogens is 318 g/mol. The third-order valence-corrected chi connectivity index (χ3v) is 3.52. The van der Waals surface area contributed by atoms with Crippen molar-refractivity contribution in [2.24, 2.45) is 0 Å². The van der Waals surface area contributed by atoms with Crippen molar-refractivity contribution < 1.29 is 19.4 Å². The minimum Gasteiger partial charge on any atom is -0.507 e. The summed E-state index contributed by atoms with van der Waals surface area (Å²) in [6, 6.07) is 13.0. The first-order valence-electron chi connectivity index (χ1n) is 6.92. The summed E-state index contributed by atoms with van der Waals surface area (Å²) in [5, 5.41) is 9.98. The lowest BCUT2D eigenvalue weighted by Crippen LogP contribution is -2.37. The van der Waals surface area contributed by atoms with Gasteiger partial charge in [0, 0.05) is 17.8 Å². The number of carbonyl (C=O) groups is 2. The average Bonchev–Trinajstić information content (AvgIpc) is 2.56. The number of aromatic hydroxyl groups is 1. The van der Waals surface area contributed by atoms with Crippen LogP contribution in [0, 0.1) is 0 Å². The monoisotopic (exact) mass is 333 g/mol. The summed E-state index contributed by atoms with van der Waals surface area (Å²) in [4.78, 5) is 25.8. The normalized spacial score (nSPS) is 11.6. The van der Waals surface area contributed by atoms with Gasteiger partial charge in [0.2, 0.25) is 0 Å². The van der Waals surface area contributed by atoms with Gasteiger partial charge < -0.3 is 14.7 Å². The molecule has 1 N–H and O–H groups in total. The van der Waals surface area contributed by atoms with Crippen molar-refractivity contribution in [3.8, 4) is 5.75 Å². The van der Waals surface area contributed by atoms with Gasteiger partial charge in [-0.1, -0.05) is 29.8 Å². The van der Waals surface area contributed by atoms with Crippen LogP contribution in [0.5, 0.6) is 5.75 Å². The average molecular weight is 334 g/mol. The van der Waals surface area contributed by atoms with Crippen molar-refractivity contribution in [1.82, 2.24) is 0 Å². The van der Waals surface area contributed by atoms with Crippen LogP contribution in [-0.2, 0) is 9.53 Å². The number of para-hydroxylation sites is 1. The molecule has 120 valence electrons. The largest absolute Gasteiger partial charge is 0.507 e. The third-order valence-electron chi connectivity index (χ3n) is 3.28. The van der Waals surface area contributed by atoms with Crippen LogP contribution in [0.1, 0.15) is 17.3 Å². The first-order valence-corrected chi connectivity index (χ1v) is 7.30. The number of hydrogen-bond acceptors (Lipinski definition) is 4. The van der Waals surface area contributed by atoms with E-state index in [1.54, 1.807) is 31.3 Å². The van der Waals surface area contributed by atoms with Crippen molar-refractivity contribution in [2.45, 2.75) is 13.0 Å². The summed E-state index contributed by atoms with van der Waals surface area (Å²) in [7, 11) is 1.60. The van der Waals surface area contributed by atoms with Gasteiger partial charge >= 0.3 is 5.97 Å². The van der Waals surface area contributed by atoms with Crippen molar-refractivity contribution in [3.63, 3.8) is 0 Å². The Labute approximate surface area is 139 Å². The Hall–Kier alpha value is -2.53. The van der Waals surface area contributed by atoms with Crippen LogP contribution in [0.2, 0.25) is 5.02 Å². The molecule has 23 heavy (non-hydrogen) atoms. The molecule has 2 aromatic carbocycles. The standard InChI is InChI=1S/C17H16ClNO4/c1-11(16(21)19(2)13-6-4-3-5-7-13)23-17(22)14-10-12(18)8-9-15(14)20/h3-11,20H,1-2H3. The lowest BCUT2D eigenvalue weighted by Gasteiger charge is -2.21. The first kappa shape index (κ1) is 16.8. The van der Waals surface area contributed by atoms with Crippen LogP contribution < -0.4 is 4.90 Å². The molecular formula is C17H16ClNO4. The van der Waals surface area contributed by atoms with Gasteiger partial charge in [0.1, 0.15) is 11.3 Å². The van der Waals surface area contributed by atoms with Crippen LogP contribution in [-0.4, -0.2) is 30.1 Å². The Morgan fingerprint density at radius 3 is 2.48 bits per heavy atom. The van der Waals surface area contributed by atoms with Gasteiger partial charge in [-0.05, 0) is 37.3 Å². The number of ether oxygens (including phenoxy) is 1. The van der Waals surface area contributed by atoms with Gasteiger partial charge in [-0.2, -0.15) is 0 Å². The second-order valence-corrected chi connectivity index (χ2v) is 5.38. The Bertz CT molecular complexity index is 718. The van der Waals surface area contributed by atoms with Gasteiger partial charge in [-0.3, -0.25) is 4.79 Å². The SMILES string of the molecule is CC(OC(=O)c1cc(Cl)ccc1O)C(=O)N(C)c1ccccc1. The van der Waals surface area contributed by atoms with E-state index < -0.39 is 12.1 Å². The molecule has 2 aromatic rings. The van der Waals surface area contributed by atoms with E-state index in [1.165, 1.54) is 30.0 Å². The molecule has 1 atom stereocenters. The second-order valence-electron chi connectivity index (χ2n) is 4.94. The maximum absolute atomic E-state index is 12.3. The molecule has 0 aromatic heterocycles. The van der Waals surface area contributed by atoms with E-state index in [1.807, 2.05) is 6.07 Å². The number of carbonyl (C=O) groups excluding carboxylic acids is 2. The fourth-order valence-corrected chi connectivity index (χ4v) is 2.17.